The zero-order valence-electron chi connectivity index (χ0n) is 15.9. The number of pyridine rings is 1. The number of rotatable bonds is 2. The number of para-hydroxylation sites is 1. The number of nitrogens with zero attached hydrogens (tertiary/aromatic N) is 5. The molecule has 1 aliphatic heterocycles. The molecule has 1 aromatic carbocycles. The van der Waals surface area contributed by atoms with E-state index in [2.05, 4.69) is 15.5 Å². The van der Waals surface area contributed by atoms with Gasteiger partial charge in [-0.1, -0.05) is 18.2 Å². The molecule has 3 aromatic heterocycles. The van der Waals surface area contributed by atoms with Gasteiger partial charge in [0.05, 0.1) is 5.69 Å². The van der Waals surface area contributed by atoms with Gasteiger partial charge in [-0.15, -0.1) is 16.4 Å². The molecule has 4 heterocycles. The van der Waals surface area contributed by atoms with Crippen LogP contribution in [0.5, 0.6) is 0 Å². The van der Waals surface area contributed by atoms with E-state index in [9.17, 15) is 9.59 Å². The summed E-state index contributed by atoms with van der Waals surface area (Å²) in [7, 11) is 0. The van der Waals surface area contributed by atoms with Gasteiger partial charge in [0, 0.05) is 18.0 Å². The van der Waals surface area contributed by atoms with E-state index in [-0.39, 0.29) is 17.2 Å². The number of carbonyl (C=O) groups excluding carboxylic acids is 1. The van der Waals surface area contributed by atoms with Gasteiger partial charge in [-0.05, 0) is 37.6 Å². The Balaban J connectivity index is 1.87. The van der Waals surface area contributed by atoms with Crippen LogP contribution in [-0.4, -0.2) is 26.3 Å². The molecule has 0 unspecified atom stereocenters. The molecule has 0 radical (unpaired) electrons. The average molecular weight is 404 g/mol. The van der Waals surface area contributed by atoms with Gasteiger partial charge in [0.2, 0.25) is 5.84 Å². The summed E-state index contributed by atoms with van der Waals surface area (Å²) in [5, 5.41) is 6.77. The molecule has 0 atom stereocenters. The van der Waals surface area contributed by atoms with Gasteiger partial charge in [0.1, 0.15) is 15.0 Å². The van der Waals surface area contributed by atoms with Crippen molar-refractivity contribution in [3.8, 4) is 0 Å². The Hall–Kier alpha value is -3.59. The molecule has 1 N–H and O–H groups in total. The molecule has 0 aliphatic carbocycles. The minimum absolute atomic E-state index is 0.0656. The molecule has 5 rings (SSSR count). The van der Waals surface area contributed by atoms with Gasteiger partial charge >= 0.3 is 0 Å². The van der Waals surface area contributed by atoms with E-state index in [1.54, 1.807) is 0 Å². The molecule has 144 valence electrons. The average Bonchev–Trinajstić information content (AvgIpc) is 3.07. The minimum Gasteiger partial charge on any atom is -0.291 e. The fourth-order valence-electron chi connectivity index (χ4n) is 3.42. The lowest BCUT2D eigenvalue weighted by Gasteiger charge is -2.27. The highest BCUT2D eigenvalue weighted by molar-refractivity contribution is 7.25. The lowest BCUT2D eigenvalue weighted by Crippen LogP contribution is -2.44. The number of hydrazone groups is 1. The zero-order chi connectivity index (χ0) is 20.3. The maximum Gasteiger partial charge on any atom is 0.292 e. The van der Waals surface area contributed by atoms with Gasteiger partial charge in [0.15, 0.2) is 5.78 Å². The summed E-state index contributed by atoms with van der Waals surface area (Å²) in [4.78, 5) is 35.5. The zero-order valence-corrected chi connectivity index (χ0v) is 16.7. The number of hydrogen-bond acceptors (Lipinski definition) is 8. The first-order chi connectivity index (χ1) is 13.9. The number of carbonyl (C=O) groups is 1. The normalized spacial score (nSPS) is 13.3. The first-order valence-electron chi connectivity index (χ1n) is 8.99. The number of nitrogens with one attached hydrogen (secondary N) is 1. The van der Waals surface area contributed by atoms with Crippen LogP contribution in [-0.2, 0) is 4.79 Å². The summed E-state index contributed by atoms with van der Waals surface area (Å²) in [5.41, 5.74) is 5.71. The summed E-state index contributed by atoms with van der Waals surface area (Å²) in [6.07, 6.45) is 0. The molecular weight excluding hydrogens is 388 g/mol. The Bertz CT molecular complexity index is 1400. The summed E-state index contributed by atoms with van der Waals surface area (Å²) in [6.45, 7) is 5.31. The monoisotopic (exact) mass is 404 g/mol. The highest BCUT2D eigenvalue weighted by Gasteiger charge is 2.28. The summed E-state index contributed by atoms with van der Waals surface area (Å²) in [6, 6.07) is 11.3. The van der Waals surface area contributed by atoms with Gasteiger partial charge in [-0.3, -0.25) is 15.0 Å². The highest BCUT2D eigenvalue weighted by Crippen LogP contribution is 2.34. The third-order valence-corrected chi connectivity index (χ3v) is 5.77. The first-order valence-corrected chi connectivity index (χ1v) is 9.81. The molecule has 9 heteroatoms. The molecule has 0 bridgehead atoms. The Morgan fingerprint density at radius 2 is 1.90 bits per heavy atom. The van der Waals surface area contributed by atoms with Crippen LogP contribution in [0.25, 0.3) is 20.4 Å². The standard InChI is InChI=1S/C20H16N6O2S/c1-10-9-11(2)21-18-14(10)15-16(29-18)19(28)26-20(22-15)25(13-7-5-4-6-8-13)23-17(24-26)12(3)27/h4-9H,1-3H3,(H,23,24). The van der Waals surface area contributed by atoms with Crippen molar-refractivity contribution in [2.45, 2.75) is 20.8 Å². The largest absolute Gasteiger partial charge is 0.292 e. The summed E-state index contributed by atoms with van der Waals surface area (Å²) < 4.78 is 1.76. The lowest BCUT2D eigenvalue weighted by molar-refractivity contribution is -0.111. The molecule has 0 saturated carbocycles. The van der Waals surface area contributed by atoms with Gasteiger partial charge in [-0.2, -0.15) is 9.69 Å². The smallest absolute Gasteiger partial charge is 0.291 e. The fourth-order valence-corrected chi connectivity index (χ4v) is 4.59. The first kappa shape index (κ1) is 17.5. The van der Waals surface area contributed by atoms with Crippen LogP contribution in [0, 0.1) is 13.8 Å². The molecule has 0 fully saturated rings. The summed E-state index contributed by atoms with van der Waals surface area (Å²) in [5.74, 6) is 0.0716. The van der Waals surface area contributed by atoms with E-state index < -0.39 is 0 Å². The van der Waals surface area contributed by atoms with Gasteiger partial charge in [0.25, 0.3) is 11.5 Å². The van der Waals surface area contributed by atoms with Crippen molar-refractivity contribution < 1.29 is 4.79 Å². The molecule has 0 spiro atoms. The number of ketones is 1. The number of amidine groups is 1. The predicted molar refractivity (Wildman–Crippen MR) is 115 cm³/mol. The van der Waals surface area contributed by atoms with Crippen molar-refractivity contribution in [1.29, 1.82) is 0 Å². The van der Waals surface area contributed by atoms with Crippen LogP contribution in [0.4, 0.5) is 11.6 Å². The number of benzene rings is 1. The minimum atomic E-state index is -0.292. The van der Waals surface area contributed by atoms with Crippen LogP contribution in [0.15, 0.2) is 46.3 Å². The molecule has 1 aliphatic rings. The number of fused-ring (bicyclic) bond motifs is 4. The van der Waals surface area contributed by atoms with Crippen molar-refractivity contribution in [2.24, 2.45) is 5.10 Å². The van der Waals surface area contributed by atoms with Crippen molar-refractivity contribution in [2.75, 3.05) is 10.4 Å². The lowest BCUT2D eigenvalue weighted by atomic mass is 10.1. The van der Waals surface area contributed by atoms with E-state index in [4.69, 9.17) is 4.98 Å². The van der Waals surface area contributed by atoms with Crippen molar-refractivity contribution in [3.63, 3.8) is 0 Å². The summed E-state index contributed by atoms with van der Waals surface area (Å²) >= 11 is 1.31. The van der Waals surface area contributed by atoms with E-state index in [1.165, 1.54) is 27.9 Å². The maximum absolute atomic E-state index is 13.3. The highest BCUT2D eigenvalue weighted by atomic mass is 32.1. The molecular formula is C20H16N6O2S. The number of thiophene rings is 1. The fraction of sp³-hybridized carbons (Fsp3) is 0.150. The third-order valence-electron chi connectivity index (χ3n) is 4.71. The van der Waals surface area contributed by atoms with Gasteiger partial charge < -0.3 is 0 Å². The van der Waals surface area contributed by atoms with E-state index in [1.807, 2.05) is 50.2 Å². The molecule has 8 nitrogen and oxygen atoms in total. The van der Waals surface area contributed by atoms with E-state index in [0.29, 0.717) is 21.9 Å². The van der Waals surface area contributed by atoms with Crippen LogP contribution < -0.4 is 16.0 Å². The van der Waals surface area contributed by atoms with E-state index >= 15 is 0 Å². The van der Waals surface area contributed by atoms with Crippen molar-refractivity contribution in [3.05, 3.63) is 58.0 Å². The van der Waals surface area contributed by atoms with Crippen LogP contribution >= 0.6 is 11.3 Å². The topological polar surface area (TPSA) is 92.5 Å². The molecule has 0 amide bonds. The number of aryl methyl sites for hydroxylation is 2. The van der Waals surface area contributed by atoms with Crippen LogP contribution in [0.1, 0.15) is 18.2 Å². The maximum atomic E-state index is 13.3. The predicted octanol–water partition coefficient (Wildman–Crippen LogP) is 3.22. The number of aromatic nitrogens is 3. The Labute approximate surface area is 169 Å². The SMILES string of the molecule is CC(=O)C1=NN(c2ccccc2)c2nc3c(sc4nc(C)cc(C)c43)c(=O)n2N1. The molecule has 0 saturated heterocycles. The number of Topliss-reactive ketones (excluding diaryl/α,β-unsaturated/α-hetero) is 1. The number of hydrogen-bond donors (Lipinski definition) is 1. The quantitative estimate of drug-likeness (QED) is 0.551. The van der Waals surface area contributed by atoms with Crippen molar-refractivity contribution >= 4 is 55.0 Å². The van der Waals surface area contributed by atoms with Crippen LogP contribution in [0.2, 0.25) is 0 Å². The second kappa shape index (κ2) is 6.21. The van der Waals surface area contributed by atoms with E-state index in [0.717, 1.165) is 21.5 Å². The van der Waals surface area contributed by atoms with Gasteiger partial charge in [-0.25, -0.2) is 9.97 Å². The van der Waals surface area contributed by atoms with Crippen LogP contribution in [0.3, 0.4) is 0 Å². The second-order valence-corrected chi connectivity index (χ2v) is 7.86. The molecule has 29 heavy (non-hydrogen) atoms. The Morgan fingerprint density at radius 3 is 2.62 bits per heavy atom. The third kappa shape index (κ3) is 2.62. The number of anilines is 2. The molecule has 4 aromatic rings. The Kier molecular flexibility index (Phi) is 3.75. The van der Waals surface area contributed by atoms with Crippen molar-refractivity contribution in [1.82, 2.24) is 14.6 Å². The Morgan fingerprint density at radius 1 is 1.14 bits per heavy atom. The second-order valence-electron chi connectivity index (χ2n) is 6.86.